The van der Waals surface area contributed by atoms with E-state index in [1.807, 2.05) is 0 Å². The van der Waals surface area contributed by atoms with Crippen LogP contribution in [-0.2, 0) is 19.4 Å². The first-order chi connectivity index (χ1) is 11.8. The minimum atomic E-state index is 0.551. The highest BCUT2D eigenvalue weighted by Gasteiger charge is 2.27. The van der Waals surface area contributed by atoms with E-state index in [4.69, 9.17) is 0 Å². The van der Waals surface area contributed by atoms with Crippen LogP contribution in [0.4, 0.5) is 0 Å². The van der Waals surface area contributed by atoms with Gasteiger partial charge in [0, 0.05) is 43.8 Å². The number of nitrogens with zero attached hydrogens (tertiary/aromatic N) is 5. The van der Waals surface area contributed by atoms with Gasteiger partial charge in [-0.05, 0) is 39.2 Å². The minimum Gasteiger partial charge on any atom is -0.315 e. The normalized spacial score (nSPS) is 22.3. The molecule has 4 rings (SSSR count). The number of aryl methyl sites for hydroxylation is 2. The van der Waals surface area contributed by atoms with E-state index in [-0.39, 0.29) is 0 Å². The highest BCUT2D eigenvalue weighted by atomic mass is 32.1. The SMILES string of the molecule is Cc1nc(CCN2CCC[C@@H](c3nnc4n3CCCCC4)C2)cs1. The van der Waals surface area contributed by atoms with Crippen molar-refractivity contribution in [1.82, 2.24) is 24.6 Å². The number of hydrogen-bond donors (Lipinski definition) is 0. The second kappa shape index (κ2) is 7.31. The van der Waals surface area contributed by atoms with Gasteiger partial charge in [-0.1, -0.05) is 6.42 Å². The summed E-state index contributed by atoms with van der Waals surface area (Å²) in [5.41, 5.74) is 1.25. The summed E-state index contributed by atoms with van der Waals surface area (Å²) in [5, 5.41) is 12.5. The zero-order valence-electron chi connectivity index (χ0n) is 14.6. The van der Waals surface area contributed by atoms with Crippen molar-refractivity contribution in [3.05, 3.63) is 27.7 Å². The standard InChI is InChI=1S/C18H27N5S/c1-14-19-16(13-24-14)8-11-22-9-5-6-15(12-22)18-21-20-17-7-3-2-4-10-23(17)18/h13,15H,2-12H2,1H3/t15-/m1/s1. The van der Waals surface area contributed by atoms with Crippen LogP contribution in [0, 0.1) is 6.92 Å². The first-order valence-electron chi connectivity index (χ1n) is 9.35. The molecule has 0 bridgehead atoms. The Morgan fingerprint density at radius 1 is 1.17 bits per heavy atom. The molecular weight excluding hydrogens is 318 g/mol. The van der Waals surface area contributed by atoms with Crippen LogP contribution in [0.25, 0.3) is 0 Å². The lowest BCUT2D eigenvalue weighted by Crippen LogP contribution is -2.36. The van der Waals surface area contributed by atoms with Crippen LogP contribution >= 0.6 is 11.3 Å². The smallest absolute Gasteiger partial charge is 0.137 e. The number of fused-ring (bicyclic) bond motifs is 1. The molecule has 1 fully saturated rings. The average molecular weight is 346 g/mol. The van der Waals surface area contributed by atoms with Crippen molar-refractivity contribution < 1.29 is 0 Å². The lowest BCUT2D eigenvalue weighted by Gasteiger charge is -2.32. The fourth-order valence-electron chi connectivity index (χ4n) is 4.07. The van der Waals surface area contributed by atoms with Gasteiger partial charge in [0.1, 0.15) is 11.6 Å². The van der Waals surface area contributed by atoms with Crippen molar-refractivity contribution in [3.8, 4) is 0 Å². The van der Waals surface area contributed by atoms with Crippen LogP contribution in [0.15, 0.2) is 5.38 Å². The van der Waals surface area contributed by atoms with E-state index in [1.54, 1.807) is 11.3 Å². The molecule has 6 heteroatoms. The molecule has 2 aromatic rings. The topological polar surface area (TPSA) is 46.8 Å². The van der Waals surface area contributed by atoms with Gasteiger partial charge in [0.05, 0.1) is 10.7 Å². The summed E-state index contributed by atoms with van der Waals surface area (Å²) in [4.78, 5) is 7.20. The third kappa shape index (κ3) is 3.54. The minimum absolute atomic E-state index is 0.551. The van der Waals surface area contributed by atoms with Gasteiger partial charge in [0.2, 0.25) is 0 Å². The summed E-state index contributed by atoms with van der Waals surface area (Å²) >= 11 is 1.76. The molecule has 2 aliphatic heterocycles. The molecule has 1 saturated heterocycles. The molecule has 0 aromatic carbocycles. The van der Waals surface area contributed by atoms with Crippen LogP contribution in [0.1, 0.15) is 60.4 Å². The monoisotopic (exact) mass is 345 g/mol. The highest BCUT2D eigenvalue weighted by Crippen LogP contribution is 2.28. The van der Waals surface area contributed by atoms with Crippen molar-refractivity contribution in [2.75, 3.05) is 19.6 Å². The number of rotatable bonds is 4. The molecule has 0 spiro atoms. The highest BCUT2D eigenvalue weighted by molar-refractivity contribution is 7.09. The first-order valence-corrected chi connectivity index (χ1v) is 10.2. The molecule has 0 N–H and O–H groups in total. The Morgan fingerprint density at radius 3 is 3.00 bits per heavy atom. The predicted octanol–water partition coefficient (Wildman–Crippen LogP) is 3.19. The zero-order chi connectivity index (χ0) is 16.4. The van der Waals surface area contributed by atoms with E-state index < -0.39 is 0 Å². The van der Waals surface area contributed by atoms with Gasteiger partial charge in [0.25, 0.3) is 0 Å². The maximum atomic E-state index is 4.60. The maximum absolute atomic E-state index is 4.60. The summed E-state index contributed by atoms with van der Waals surface area (Å²) in [6.07, 6.45) is 8.56. The number of piperidine rings is 1. The average Bonchev–Trinajstić information content (AvgIpc) is 3.13. The molecule has 5 nitrogen and oxygen atoms in total. The Kier molecular flexibility index (Phi) is 4.94. The third-order valence-corrected chi connectivity index (χ3v) is 6.18. The van der Waals surface area contributed by atoms with Crippen LogP contribution < -0.4 is 0 Å². The van der Waals surface area contributed by atoms with E-state index in [2.05, 4.69) is 37.0 Å². The Balaban J connectivity index is 1.40. The number of hydrogen-bond acceptors (Lipinski definition) is 5. The first kappa shape index (κ1) is 16.2. The molecule has 24 heavy (non-hydrogen) atoms. The molecule has 1 atom stereocenters. The van der Waals surface area contributed by atoms with Crippen LogP contribution in [0.2, 0.25) is 0 Å². The second-order valence-corrected chi connectivity index (χ2v) is 8.25. The number of likely N-dealkylation sites (tertiary alicyclic amines) is 1. The van der Waals surface area contributed by atoms with Gasteiger partial charge in [-0.2, -0.15) is 0 Å². The maximum Gasteiger partial charge on any atom is 0.137 e. The molecule has 0 aliphatic carbocycles. The van der Waals surface area contributed by atoms with Crippen molar-refractivity contribution in [2.24, 2.45) is 0 Å². The van der Waals surface area contributed by atoms with Gasteiger partial charge in [-0.15, -0.1) is 21.5 Å². The molecular formula is C18H27N5S. The van der Waals surface area contributed by atoms with E-state index in [0.717, 1.165) is 32.5 Å². The summed E-state index contributed by atoms with van der Waals surface area (Å²) in [7, 11) is 0. The lowest BCUT2D eigenvalue weighted by atomic mass is 9.97. The quantitative estimate of drug-likeness (QED) is 0.854. The predicted molar refractivity (Wildman–Crippen MR) is 96.5 cm³/mol. The zero-order valence-corrected chi connectivity index (χ0v) is 15.4. The molecule has 130 valence electrons. The molecule has 2 aliphatic rings. The van der Waals surface area contributed by atoms with Gasteiger partial charge in [0.15, 0.2) is 0 Å². The Morgan fingerprint density at radius 2 is 2.12 bits per heavy atom. The van der Waals surface area contributed by atoms with Crippen LogP contribution in [0.5, 0.6) is 0 Å². The summed E-state index contributed by atoms with van der Waals surface area (Å²) < 4.78 is 2.44. The summed E-state index contributed by atoms with van der Waals surface area (Å²) in [5.74, 6) is 3.02. The van der Waals surface area contributed by atoms with Gasteiger partial charge in [-0.3, -0.25) is 0 Å². The molecule has 4 heterocycles. The Bertz CT molecular complexity index is 677. The summed E-state index contributed by atoms with van der Waals surface area (Å²) in [6.45, 7) is 6.65. The third-order valence-electron chi connectivity index (χ3n) is 5.36. The fourth-order valence-corrected chi connectivity index (χ4v) is 4.72. The van der Waals surface area contributed by atoms with E-state index in [0.29, 0.717) is 5.92 Å². The second-order valence-electron chi connectivity index (χ2n) is 7.18. The number of thiazole rings is 1. The Hall–Kier alpha value is -1.27. The Labute approximate surface area is 148 Å². The molecule has 0 radical (unpaired) electrons. The van der Waals surface area contributed by atoms with Crippen molar-refractivity contribution in [2.45, 2.75) is 64.3 Å². The number of aromatic nitrogens is 4. The van der Waals surface area contributed by atoms with E-state index >= 15 is 0 Å². The molecule has 0 unspecified atom stereocenters. The van der Waals surface area contributed by atoms with Crippen LogP contribution in [-0.4, -0.2) is 44.3 Å². The fraction of sp³-hybridized carbons (Fsp3) is 0.722. The molecule has 0 saturated carbocycles. The van der Waals surface area contributed by atoms with E-state index in [9.17, 15) is 0 Å². The van der Waals surface area contributed by atoms with Gasteiger partial charge < -0.3 is 9.47 Å². The molecule has 2 aromatic heterocycles. The summed E-state index contributed by atoms with van der Waals surface area (Å²) in [6, 6.07) is 0. The van der Waals surface area contributed by atoms with Crippen LogP contribution in [0.3, 0.4) is 0 Å². The lowest BCUT2D eigenvalue weighted by molar-refractivity contribution is 0.203. The van der Waals surface area contributed by atoms with Crippen molar-refractivity contribution >= 4 is 11.3 Å². The largest absolute Gasteiger partial charge is 0.315 e. The molecule has 0 amide bonds. The van der Waals surface area contributed by atoms with Gasteiger partial charge in [-0.25, -0.2) is 4.98 Å². The van der Waals surface area contributed by atoms with Crippen molar-refractivity contribution in [3.63, 3.8) is 0 Å². The van der Waals surface area contributed by atoms with Gasteiger partial charge >= 0.3 is 0 Å². The van der Waals surface area contributed by atoms with Crippen molar-refractivity contribution in [1.29, 1.82) is 0 Å². The van der Waals surface area contributed by atoms with E-state index in [1.165, 1.54) is 61.0 Å².